The van der Waals surface area contributed by atoms with Crippen LogP contribution in [-0.2, 0) is 18.8 Å². The van der Waals surface area contributed by atoms with Crippen LogP contribution in [0, 0.1) is 5.92 Å². The van der Waals surface area contributed by atoms with Crippen molar-refractivity contribution >= 4 is 10.4 Å². The van der Waals surface area contributed by atoms with Gasteiger partial charge in [-0.05, 0) is 18.8 Å². The molecule has 0 saturated heterocycles. The van der Waals surface area contributed by atoms with Crippen LogP contribution in [0.3, 0.4) is 0 Å². The van der Waals surface area contributed by atoms with Gasteiger partial charge in [-0.3, -0.25) is 4.18 Å². The van der Waals surface area contributed by atoms with Gasteiger partial charge < -0.3 is 0 Å². The maximum Gasteiger partial charge on any atom is 0.399 e. The highest BCUT2D eigenvalue weighted by molar-refractivity contribution is 7.81. The molecule has 0 amide bonds. The van der Waals surface area contributed by atoms with E-state index in [9.17, 15) is 8.42 Å². The molecule has 0 heterocycles. The second-order valence-electron chi connectivity index (χ2n) is 4.04. The first-order valence-corrected chi connectivity index (χ1v) is 6.92. The molecular weight excluding hydrogens is 216 g/mol. The summed E-state index contributed by atoms with van der Waals surface area (Å²) in [6.45, 7) is 0.243. The molecule has 4 nitrogen and oxygen atoms in total. The molecule has 90 valence electrons. The minimum atomic E-state index is -3.72. The molecule has 0 aromatic heterocycles. The fraction of sp³-hybridized carbons (Fsp3) is 1.00. The Bertz CT molecular complexity index is 255. The Morgan fingerprint density at radius 1 is 1.20 bits per heavy atom. The van der Waals surface area contributed by atoms with Crippen LogP contribution in [0.1, 0.15) is 44.9 Å². The summed E-state index contributed by atoms with van der Waals surface area (Å²) in [7, 11) is -2.61. The van der Waals surface area contributed by atoms with Gasteiger partial charge in [-0.1, -0.05) is 32.1 Å². The van der Waals surface area contributed by atoms with Gasteiger partial charge in [0.15, 0.2) is 0 Å². The van der Waals surface area contributed by atoms with Gasteiger partial charge in [-0.2, -0.15) is 8.42 Å². The predicted octanol–water partition coefficient (Wildman–Crippen LogP) is 2.25. The third kappa shape index (κ3) is 5.49. The molecule has 0 N–H and O–H groups in total. The zero-order chi connectivity index (χ0) is 11.1. The van der Waals surface area contributed by atoms with Gasteiger partial charge in [0.1, 0.15) is 0 Å². The van der Waals surface area contributed by atoms with E-state index < -0.39 is 10.4 Å². The first kappa shape index (κ1) is 12.9. The van der Waals surface area contributed by atoms with Crippen molar-refractivity contribution in [2.45, 2.75) is 44.9 Å². The summed E-state index contributed by atoms with van der Waals surface area (Å²) < 4.78 is 30.4. The minimum absolute atomic E-state index is 0.243. The molecular formula is C10H20O4S. The minimum Gasteiger partial charge on any atom is -0.252 e. The summed E-state index contributed by atoms with van der Waals surface area (Å²) in [5.74, 6) is 0.771. The van der Waals surface area contributed by atoms with E-state index in [1.54, 1.807) is 0 Å². The van der Waals surface area contributed by atoms with Gasteiger partial charge in [0, 0.05) is 0 Å². The lowest BCUT2D eigenvalue weighted by molar-refractivity contribution is 0.227. The lowest BCUT2D eigenvalue weighted by Gasteiger charge is -2.20. The molecule has 1 saturated carbocycles. The maximum absolute atomic E-state index is 10.8. The maximum atomic E-state index is 10.8. The molecule has 0 atom stereocenters. The Morgan fingerprint density at radius 2 is 1.87 bits per heavy atom. The van der Waals surface area contributed by atoms with Crippen molar-refractivity contribution in [2.24, 2.45) is 5.92 Å². The van der Waals surface area contributed by atoms with Crippen LogP contribution in [0.4, 0.5) is 0 Å². The van der Waals surface area contributed by atoms with Crippen molar-refractivity contribution in [2.75, 3.05) is 13.7 Å². The van der Waals surface area contributed by atoms with Gasteiger partial charge in [0.25, 0.3) is 0 Å². The van der Waals surface area contributed by atoms with E-state index in [-0.39, 0.29) is 6.61 Å². The Morgan fingerprint density at radius 3 is 2.47 bits per heavy atom. The third-order valence-electron chi connectivity index (χ3n) is 2.91. The predicted molar refractivity (Wildman–Crippen MR) is 57.7 cm³/mol. The van der Waals surface area contributed by atoms with Gasteiger partial charge >= 0.3 is 10.4 Å². The normalized spacial score (nSPS) is 19.3. The van der Waals surface area contributed by atoms with Crippen molar-refractivity contribution < 1.29 is 16.8 Å². The molecule has 0 aliphatic heterocycles. The second kappa shape index (κ2) is 6.45. The van der Waals surface area contributed by atoms with Crippen molar-refractivity contribution in [1.82, 2.24) is 0 Å². The molecule has 0 unspecified atom stereocenters. The molecule has 0 bridgehead atoms. The van der Waals surface area contributed by atoms with Crippen LogP contribution in [0.15, 0.2) is 0 Å². The Hall–Kier alpha value is -0.130. The summed E-state index contributed by atoms with van der Waals surface area (Å²) in [6.07, 6.45) is 8.44. The fourth-order valence-electron chi connectivity index (χ4n) is 2.06. The number of rotatable bonds is 6. The van der Waals surface area contributed by atoms with Crippen molar-refractivity contribution in [1.29, 1.82) is 0 Å². The van der Waals surface area contributed by atoms with E-state index in [1.165, 1.54) is 32.1 Å². The van der Waals surface area contributed by atoms with Gasteiger partial charge in [-0.15, -0.1) is 0 Å². The zero-order valence-corrected chi connectivity index (χ0v) is 10.1. The molecule has 0 radical (unpaired) electrons. The summed E-state index contributed by atoms with van der Waals surface area (Å²) in [4.78, 5) is 0. The highest BCUT2D eigenvalue weighted by Gasteiger charge is 2.14. The lowest BCUT2D eigenvalue weighted by Crippen LogP contribution is -2.11. The average Bonchev–Trinajstić information content (AvgIpc) is 2.26. The summed E-state index contributed by atoms with van der Waals surface area (Å²) >= 11 is 0. The SMILES string of the molecule is COS(=O)(=O)OCCCC1CCCCC1. The van der Waals surface area contributed by atoms with Crippen LogP contribution < -0.4 is 0 Å². The van der Waals surface area contributed by atoms with E-state index in [0.717, 1.165) is 25.9 Å². The van der Waals surface area contributed by atoms with Crippen molar-refractivity contribution in [3.63, 3.8) is 0 Å². The van der Waals surface area contributed by atoms with E-state index in [2.05, 4.69) is 8.37 Å². The Balaban J connectivity index is 2.06. The van der Waals surface area contributed by atoms with E-state index in [1.807, 2.05) is 0 Å². The monoisotopic (exact) mass is 236 g/mol. The van der Waals surface area contributed by atoms with Crippen LogP contribution >= 0.6 is 0 Å². The number of hydrogen-bond donors (Lipinski definition) is 0. The van der Waals surface area contributed by atoms with Crippen LogP contribution in [-0.4, -0.2) is 22.1 Å². The lowest BCUT2D eigenvalue weighted by atomic mass is 9.86. The Kier molecular flexibility index (Phi) is 5.56. The highest BCUT2D eigenvalue weighted by Crippen LogP contribution is 2.27. The first-order valence-electron chi connectivity index (χ1n) is 5.59. The summed E-state index contributed by atoms with van der Waals surface area (Å²) in [5, 5.41) is 0. The van der Waals surface area contributed by atoms with Crippen LogP contribution in [0.5, 0.6) is 0 Å². The standard InChI is InChI=1S/C10H20O4S/c1-13-15(11,12)14-9-5-8-10-6-3-2-4-7-10/h10H,2-9H2,1H3. The molecule has 15 heavy (non-hydrogen) atoms. The largest absolute Gasteiger partial charge is 0.399 e. The third-order valence-corrected chi connectivity index (χ3v) is 3.78. The van der Waals surface area contributed by atoms with Gasteiger partial charge in [-0.25, -0.2) is 4.18 Å². The van der Waals surface area contributed by atoms with Crippen LogP contribution in [0.2, 0.25) is 0 Å². The van der Waals surface area contributed by atoms with E-state index in [0.29, 0.717) is 0 Å². The molecule has 1 rings (SSSR count). The molecule has 5 heteroatoms. The number of hydrogen-bond acceptors (Lipinski definition) is 4. The first-order chi connectivity index (χ1) is 7.14. The smallest absolute Gasteiger partial charge is 0.252 e. The zero-order valence-electron chi connectivity index (χ0n) is 9.28. The van der Waals surface area contributed by atoms with Gasteiger partial charge in [0.2, 0.25) is 0 Å². The van der Waals surface area contributed by atoms with Crippen molar-refractivity contribution in [3.05, 3.63) is 0 Å². The molecule has 1 aliphatic rings. The van der Waals surface area contributed by atoms with E-state index in [4.69, 9.17) is 0 Å². The topological polar surface area (TPSA) is 52.6 Å². The molecule has 1 aliphatic carbocycles. The quantitative estimate of drug-likeness (QED) is 0.664. The molecule has 0 aromatic carbocycles. The van der Waals surface area contributed by atoms with E-state index >= 15 is 0 Å². The summed E-state index contributed by atoms with van der Waals surface area (Å²) in [6, 6.07) is 0. The second-order valence-corrected chi connectivity index (χ2v) is 5.43. The average molecular weight is 236 g/mol. The fourth-order valence-corrected chi connectivity index (χ4v) is 2.48. The van der Waals surface area contributed by atoms with Crippen LogP contribution in [0.25, 0.3) is 0 Å². The molecule has 0 aromatic rings. The van der Waals surface area contributed by atoms with Gasteiger partial charge in [0.05, 0.1) is 13.7 Å². The Labute approximate surface area is 92.3 Å². The van der Waals surface area contributed by atoms with Crippen molar-refractivity contribution in [3.8, 4) is 0 Å². The highest BCUT2D eigenvalue weighted by atomic mass is 32.3. The molecule has 0 spiro atoms. The molecule has 1 fully saturated rings. The summed E-state index contributed by atoms with van der Waals surface area (Å²) in [5.41, 5.74) is 0.